The van der Waals surface area contributed by atoms with E-state index in [1.54, 1.807) is 12.1 Å². The molecule has 0 radical (unpaired) electrons. The van der Waals surface area contributed by atoms with Gasteiger partial charge in [0.2, 0.25) is 5.91 Å². The summed E-state index contributed by atoms with van der Waals surface area (Å²) < 4.78 is 13.1. The van der Waals surface area contributed by atoms with Crippen molar-refractivity contribution in [1.82, 2.24) is 0 Å². The zero-order valence-electron chi connectivity index (χ0n) is 6.18. The number of halogens is 2. The Hall–Kier alpha value is -0.900. The van der Waals surface area contributed by atoms with E-state index in [0.29, 0.717) is 10.0 Å². The van der Waals surface area contributed by atoms with Crippen LogP contribution in [0, 0.1) is 5.82 Å². The molecule has 0 fully saturated rings. The smallest absolute Gasteiger partial charge is 0.221 e. The van der Waals surface area contributed by atoms with Gasteiger partial charge in [0.1, 0.15) is 5.82 Å². The van der Waals surface area contributed by atoms with Gasteiger partial charge >= 0.3 is 0 Å². The van der Waals surface area contributed by atoms with Crippen LogP contribution in [0.2, 0.25) is 0 Å². The fourth-order valence-electron chi connectivity index (χ4n) is 0.873. The first-order chi connectivity index (χ1) is 5.61. The molecule has 4 heteroatoms. The Labute approximate surface area is 77.7 Å². The first kappa shape index (κ1) is 9.19. The van der Waals surface area contributed by atoms with E-state index in [1.807, 2.05) is 0 Å². The molecule has 0 spiro atoms. The molecule has 1 aromatic rings. The van der Waals surface area contributed by atoms with Crippen molar-refractivity contribution in [2.24, 2.45) is 5.73 Å². The van der Waals surface area contributed by atoms with Gasteiger partial charge in [0.15, 0.2) is 0 Å². The van der Waals surface area contributed by atoms with Crippen LogP contribution in [0.1, 0.15) is 5.56 Å². The third kappa shape index (κ3) is 2.04. The van der Waals surface area contributed by atoms with Crippen molar-refractivity contribution in [2.75, 3.05) is 0 Å². The highest BCUT2D eigenvalue weighted by Crippen LogP contribution is 2.20. The van der Waals surface area contributed by atoms with Crippen molar-refractivity contribution in [3.05, 3.63) is 34.1 Å². The zero-order chi connectivity index (χ0) is 9.14. The SMILES string of the molecule is NC(=O)Cc1cccc(F)c1Br. The number of carbonyl (C=O) groups is 1. The highest BCUT2D eigenvalue weighted by atomic mass is 79.9. The second-order valence-electron chi connectivity index (χ2n) is 2.36. The molecule has 1 amide bonds. The van der Waals surface area contributed by atoms with Gasteiger partial charge in [0.05, 0.1) is 10.9 Å². The molecule has 0 atom stereocenters. The Morgan fingerprint density at radius 2 is 2.25 bits per heavy atom. The summed E-state index contributed by atoms with van der Waals surface area (Å²) in [6.45, 7) is 0. The van der Waals surface area contributed by atoms with Gasteiger partial charge in [-0.2, -0.15) is 0 Å². The van der Waals surface area contributed by atoms with E-state index in [-0.39, 0.29) is 12.2 Å². The third-order valence-corrected chi connectivity index (χ3v) is 2.28. The average Bonchev–Trinajstić information content (AvgIpc) is 1.98. The van der Waals surface area contributed by atoms with Crippen LogP contribution in [-0.4, -0.2) is 5.91 Å². The van der Waals surface area contributed by atoms with Gasteiger partial charge in [-0.05, 0) is 27.6 Å². The van der Waals surface area contributed by atoms with Crippen LogP contribution in [0.4, 0.5) is 4.39 Å². The van der Waals surface area contributed by atoms with Crippen molar-refractivity contribution in [2.45, 2.75) is 6.42 Å². The van der Waals surface area contributed by atoms with Gasteiger partial charge in [0.25, 0.3) is 0 Å². The van der Waals surface area contributed by atoms with E-state index in [9.17, 15) is 9.18 Å². The van der Waals surface area contributed by atoms with Crippen LogP contribution >= 0.6 is 15.9 Å². The number of amides is 1. The standard InChI is InChI=1S/C8H7BrFNO/c9-8-5(4-7(11)12)2-1-3-6(8)10/h1-3H,4H2,(H2,11,12). The van der Waals surface area contributed by atoms with Crippen LogP contribution in [0.3, 0.4) is 0 Å². The van der Waals surface area contributed by atoms with Crippen LogP contribution in [0.15, 0.2) is 22.7 Å². The van der Waals surface area contributed by atoms with Crippen molar-refractivity contribution in [1.29, 1.82) is 0 Å². The first-order valence-electron chi connectivity index (χ1n) is 3.32. The normalized spacial score (nSPS) is 9.83. The van der Waals surface area contributed by atoms with Crippen molar-refractivity contribution in [3.63, 3.8) is 0 Å². The van der Waals surface area contributed by atoms with Crippen molar-refractivity contribution < 1.29 is 9.18 Å². The molecular formula is C8H7BrFNO. The molecule has 0 aliphatic rings. The Kier molecular flexibility index (Phi) is 2.81. The summed E-state index contributed by atoms with van der Waals surface area (Å²) in [6.07, 6.45) is 0.0539. The minimum atomic E-state index is -0.471. The van der Waals surface area contributed by atoms with Gasteiger partial charge < -0.3 is 5.73 Å². The molecule has 1 aromatic carbocycles. The third-order valence-electron chi connectivity index (χ3n) is 1.40. The molecule has 12 heavy (non-hydrogen) atoms. The van der Waals surface area contributed by atoms with E-state index >= 15 is 0 Å². The van der Waals surface area contributed by atoms with Crippen LogP contribution in [0.5, 0.6) is 0 Å². The molecule has 0 heterocycles. The lowest BCUT2D eigenvalue weighted by atomic mass is 10.1. The maximum atomic E-state index is 12.8. The highest BCUT2D eigenvalue weighted by molar-refractivity contribution is 9.10. The minimum absolute atomic E-state index is 0.0539. The van der Waals surface area contributed by atoms with E-state index in [2.05, 4.69) is 15.9 Å². The summed E-state index contributed by atoms with van der Waals surface area (Å²) in [5.41, 5.74) is 5.53. The van der Waals surface area contributed by atoms with Gasteiger partial charge in [0, 0.05) is 0 Å². The molecule has 2 N–H and O–H groups in total. The number of nitrogens with two attached hydrogens (primary N) is 1. The summed E-state index contributed by atoms with van der Waals surface area (Å²) in [4.78, 5) is 10.5. The molecular weight excluding hydrogens is 225 g/mol. The molecule has 0 aliphatic heterocycles. The fraction of sp³-hybridized carbons (Fsp3) is 0.125. The summed E-state index contributed by atoms with van der Waals surface area (Å²) >= 11 is 3.03. The maximum absolute atomic E-state index is 12.8. The number of hydrogen-bond acceptors (Lipinski definition) is 1. The molecule has 64 valence electrons. The number of hydrogen-bond donors (Lipinski definition) is 1. The average molecular weight is 232 g/mol. The van der Waals surface area contributed by atoms with E-state index in [4.69, 9.17) is 5.73 Å². The highest BCUT2D eigenvalue weighted by Gasteiger charge is 2.06. The topological polar surface area (TPSA) is 43.1 Å². The van der Waals surface area contributed by atoms with Gasteiger partial charge in [-0.15, -0.1) is 0 Å². The Morgan fingerprint density at radius 3 is 2.83 bits per heavy atom. The van der Waals surface area contributed by atoms with Gasteiger partial charge in [-0.25, -0.2) is 4.39 Å². The molecule has 0 aliphatic carbocycles. The molecule has 1 rings (SSSR count). The largest absolute Gasteiger partial charge is 0.369 e. The van der Waals surface area contributed by atoms with E-state index in [0.717, 1.165) is 0 Å². The number of carbonyl (C=O) groups excluding carboxylic acids is 1. The van der Waals surface area contributed by atoms with Crippen LogP contribution in [0.25, 0.3) is 0 Å². The Balaban J connectivity index is 3.00. The fourth-order valence-corrected chi connectivity index (χ4v) is 1.28. The summed E-state index contributed by atoms with van der Waals surface area (Å²) in [5, 5.41) is 0. The number of primary amides is 1. The van der Waals surface area contributed by atoms with E-state index in [1.165, 1.54) is 6.07 Å². The molecule has 0 saturated heterocycles. The van der Waals surface area contributed by atoms with Crippen molar-refractivity contribution in [3.8, 4) is 0 Å². The second-order valence-corrected chi connectivity index (χ2v) is 3.15. The molecule has 0 aromatic heterocycles. The summed E-state index contributed by atoms with van der Waals surface area (Å²) in [7, 11) is 0. The summed E-state index contributed by atoms with van der Waals surface area (Å²) in [6, 6.07) is 4.50. The number of rotatable bonds is 2. The van der Waals surface area contributed by atoms with Gasteiger partial charge in [-0.1, -0.05) is 12.1 Å². The van der Waals surface area contributed by atoms with Crippen LogP contribution in [-0.2, 0) is 11.2 Å². The maximum Gasteiger partial charge on any atom is 0.221 e. The predicted octanol–water partition coefficient (Wildman–Crippen LogP) is 1.62. The second kappa shape index (κ2) is 3.67. The van der Waals surface area contributed by atoms with Crippen molar-refractivity contribution >= 4 is 21.8 Å². The van der Waals surface area contributed by atoms with Gasteiger partial charge in [-0.3, -0.25) is 4.79 Å². The lowest BCUT2D eigenvalue weighted by Crippen LogP contribution is -2.14. The molecule has 2 nitrogen and oxygen atoms in total. The Bertz CT molecular complexity index is 314. The lowest BCUT2D eigenvalue weighted by molar-refractivity contribution is -0.117. The quantitative estimate of drug-likeness (QED) is 0.827. The summed E-state index contributed by atoms with van der Waals surface area (Å²) in [5.74, 6) is -0.852. The minimum Gasteiger partial charge on any atom is -0.369 e. The number of benzene rings is 1. The molecule has 0 unspecified atom stereocenters. The van der Waals surface area contributed by atoms with E-state index < -0.39 is 5.91 Å². The molecule has 0 saturated carbocycles. The first-order valence-corrected chi connectivity index (χ1v) is 4.11. The Morgan fingerprint density at radius 1 is 1.58 bits per heavy atom. The predicted molar refractivity (Wildman–Crippen MR) is 47.0 cm³/mol. The monoisotopic (exact) mass is 231 g/mol. The lowest BCUT2D eigenvalue weighted by Gasteiger charge is -2.01. The van der Waals surface area contributed by atoms with Crippen LogP contribution < -0.4 is 5.73 Å². The zero-order valence-corrected chi connectivity index (χ0v) is 7.77. The molecule has 0 bridgehead atoms.